The SMILES string of the molecule is CC(NC(=O)CCc1ccc(-c2ccccc2)o1)C1CC1. The molecule has 1 saturated carbocycles. The second-order valence-corrected chi connectivity index (χ2v) is 5.83. The minimum atomic E-state index is 0.118. The monoisotopic (exact) mass is 283 g/mol. The highest BCUT2D eigenvalue weighted by Crippen LogP contribution is 2.32. The van der Waals surface area contributed by atoms with Crippen LogP contribution in [0, 0.1) is 5.92 Å². The Morgan fingerprint density at radius 2 is 2.00 bits per heavy atom. The average molecular weight is 283 g/mol. The van der Waals surface area contributed by atoms with Gasteiger partial charge in [0, 0.05) is 24.4 Å². The molecule has 2 aromatic rings. The molecular formula is C18H21NO2. The van der Waals surface area contributed by atoms with Crippen molar-refractivity contribution in [2.24, 2.45) is 5.92 Å². The number of carbonyl (C=O) groups excluding carboxylic acids is 1. The van der Waals surface area contributed by atoms with Crippen molar-refractivity contribution in [3.63, 3.8) is 0 Å². The maximum atomic E-state index is 11.9. The molecule has 3 heteroatoms. The van der Waals surface area contributed by atoms with Crippen molar-refractivity contribution in [3.05, 3.63) is 48.2 Å². The lowest BCUT2D eigenvalue weighted by molar-refractivity contribution is -0.121. The van der Waals surface area contributed by atoms with Gasteiger partial charge in [0.25, 0.3) is 0 Å². The molecule has 1 aliphatic rings. The summed E-state index contributed by atoms with van der Waals surface area (Å²) in [6, 6.07) is 14.2. The largest absolute Gasteiger partial charge is 0.461 e. The summed E-state index contributed by atoms with van der Waals surface area (Å²) >= 11 is 0. The highest BCUT2D eigenvalue weighted by Gasteiger charge is 2.28. The molecule has 0 radical (unpaired) electrons. The molecular weight excluding hydrogens is 262 g/mol. The quantitative estimate of drug-likeness (QED) is 0.876. The van der Waals surface area contributed by atoms with Gasteiger partial charge in [-0.3, -0.25) is 4.79 Å². The fourth-order valence-electron chi connectivity index (χ4n) is 2.55. The van der Waals surface area contributed by atoms with Gasteiger partial charge in [-0.05, 0) is 37.8 Å². The fraction of sp³-hybridized carbons (Fsp3) is 0.389. The summed E-state index contributed by atoms with van der Waals surface area (Å²) in [7, 11) is 0. The van der Waals surface area contributed by atoms with Gasteiger partial charge in [-0.15, -0.1) is 0 Å². The molecule has 3 nitrogen and oxygen atoms in total. The maximum Gasteiger partial charge on any atom is 0.220 e. The molecule has 3 rings (SSSR count). The Labute approximate surface area is 125 Å². The second-order valence-electron chi connectivity index (χ2n) is 5.83. The number of hydrogen-bond donors (Lipinski definition) is 1. The van der Waals surface area contributed by atoms with Gasteiger partial charge in [0.15, 0.2) is 0 Å². The minimum absolute atomic E-state index is 0.118. The minimum Gasteiger partial charge on any atom is -0.461 e. The standard InChI is InChI=1S/C18H21NO2/c1-13(14-7-8-14)19-18(20)12-10-16-9-11-17(21-16)15-5-3-2-4-6-15/h2-6,9,11,13-14H,7-8,10,12H2,1H3,(H,19,20). The van der Waals surface area contributed by atoms with Gasteiger partial charge in [0.05, 0.1) is 0 Å². The molecule has 1 unspecified atom stereocenters. The van der Waals surface area contributed by atoms with E-state index in [0.29, 0.717) is 24.8 Å². The molecule has 1 N–H and O–H groups in total. The van der Waals surface area contributed by atoms with Crippen molar-refractivity contribution < 1.29 is 9.21 Å². The molecule has 1 aliphatic carbocycles. The smallest absolute Gasteiger partial charge is 0.220 e. The van der Waals surface area contributed by atoms with E-state index in [1.165, 1.54) is 12.8 Å². The van der Waals surface area contributed by atoms with Crippen LogP contribution in [0.15, 0.2) is 46.9 Å². The molecule has 0 saturated heterocycles. The molecule has 0 spiro atoms. The van der Waals surface area contributed by atoms with Gasteiger partial charge in [-0.25, -0.2) is 0 Å². The first-order valence-corrected chi connectivity index (χ1v) is 7.66. The van der Waals surface area contributed by atoms with Crippen LogP contribution in [0.5, 0.6) is 0 Å². The zero-order chi connectivity index (χ0) is 14.7. The summed E-state index contributed by atoms with van der Waals surface area (Å²) in [4.78, 5) is 11.9. The van der Waals surface area contributed by atoms with E-state index in [1.54, 1.807) is 0 Å². The Bertz CT molecular complexity index is 599. The molecule has 1 fully saturated rings. The van der Waals surface area contributed by atoms with Gasteiger partial charge < -0.3 is 9.73 Å². The first-order valence-electron chi connectivity index (χ1n) is 7.66. The number of hydrogen-bond acceptors (Lipinski definition) is 2. The van der Waals surface area contributed by atoms with E-state index in [-0.39, 0.29) is 5.91 Å². The van der Waals surface area contributed by atoms with Gasteiger partial charge >= 0.3 is 0 Å². The number of furan rings is 1. The molecule has 1 aromatic carbocycles. The average Bonchev–Trinajstić information content (AvgIpc) is 3.25. The van der Waals surface area contributed by atoms with E-state index >= 15 is 0 Å². The van der Waals surface area contributed by atoms with E-state index in [9.17, 15) is 4.79 Å². The van der Waals surface area contributed by atoms with E-state index in [0.717, 1.165) is 17.1 Å². The molecule has 1 heterocycles. The van der Waals surface area contributed by atoms with E-state index in [4.69, 9.17) is 4.42 Å². The van der Waals surface area contributed by atoms with Crippen LogP contribution >= 0.6 is 0 Å². The molecule has 1 aromatic heterocycles. The zero-order valence-corrected chi connectivity index (χ0v) is 12.3. The molecule has 21 heavy (non-hydrogen) atoms. The first kappa shape index (κ1) is 13.9. The highest BCUT2D eigenvalue weighted by atomic mass is 16.3. The van der Waals surface area contributed by atoms with Gasteiger partial charge in [-0.1, -0.05) is 30.3 Å². The van der Waals surface area contributed by atoms with Crippen LogP contribution in [0.1, 0.15) is 31.9 Å². The number of amides is 1. The summed E-state index contributed by atoms with van der Waals surface area (Å²) < 4.78 is 5.80. The van der Waals surface area contributed by atoms with Crippen molar-refractivity contribution in [2.45, 2.75) is 38.6 Å². The van der Waals surface area contributed by atoms with Crippen LogP contribution in [-0.4, -0.2) is 11.9 Å². The third-order valence-corrected chi connectivity index (χ3v) is 4.04. The predicted octanol–water partition coefficient (Wildman–Crippen LogP) is 3.79. The fourth-order valence-corrected chi connectivity index (χ4v) is 2.55. The van der Waals surface area contributed by atoms with Crippen LogP contribution in [0.4, 0.5) is 0 Å². The lowest BCUT2D eigenvalue weighted by Gasteiger charge is -2.12. The second kappa shape index (κ2) is 6.17. The number of aryl methyl sites for hydroxylation is 1. The Morgan fingerprint density at radius 1 is 1.24 bits per heavy atom. The third kappa shape index (κ3) is 3.75. The number of carbonyl (C=O) groups is 1. The van der Waals surface area contributed by atoms with Gasteiger partial charge in [0.1, 0.15) is 11.5 Å². The van der Waals surface area contributed by atoms with Crippen LogP contribution in [0.2, 0.25) is 0 Å². The third-order valence-electron chi connectivity index (χ3n) is 4.04. The van der Waals surface area contributed by atoms with Crippen LogP contribution in [0.3, 0.4) is 0 Å². The topological polar surface area (TPSA) is 42.2 Å². The van der Waals surface area contributed by atoms with Crippen LogP contribution < -0.4 is 5.32 Å². The van der Waals surface area contributed by atoms with Crippen molar-refractivity contribution >= 4 is 5.91 Å². The van der Waals surface area contributed by atoms with Crippen molar-refractivity contribution in [2.75, 3.05) is 0 Å². The molecule has 0 bridgehead atoms. The number of nitrogens with one attached hydrogen (secondary N) is 1. The van der Waals surface area contributed by atoms with E-state index < -0.39 is 0 Å². The van der Waals surface area contributed by atoms with Gasteiger partial charge in [0.2, 0.25) is 5.91 Å². The lowest BCUT2D eigenvalue weighted by Crippen LogP contribution is -2.34. The Hall–Kier alpha value is -2.03. The lowest BCUT2D eigenvalue weighted by atomic mass is 10.2. The molecule has 1 amide bonds. The normalized spacial score (nSPS) is 15.7. The Balaban J connectivity index is 1.51. The summed E-state index contributed by atoms with van der Waals surface area (Å²) in [5.41, 5.74) is 1.07. The molecule has 0 aliphatic heterocycles. The zero-order valence-electron chi connectivity index (χ0n) is 12.3. The van der Waals surface area contributed by atoms with Gasteiger partial charge in [-0.2, -0.15) is 0 Å². The summed E-state index contributed by atoms with van der Waals surface area (Å²) in [6.45, 7) is 2.09. The predicted molar refractivity (Wildman–Crippen MR) is 82.8 cm³/mol. The van der Waals surface area contributed by atoms with Crippen LogP contribution in [0.25, 0.3) is 11.3 Å². The molecule has 1 atom stereocenters. The maximum absolute atomic E-state index is 11.9. The number of benzene rings is 1. The summed E-state index contributed by atoms with van der Waals surface area (Å²) in [6.07, 6.45) is 3.63. The van der Waals surface area contributed by atoms with Crippen molar-refractivity contribution in [1.29, 1.82) is 0 Å². The van der Waals surface area contributed by atoms with E-state index in [2.05, 4.69) is 12.2 Å². The molecule has 110 valence electrons. The summed E-state index contributed by atoms with van der Waals surface area (Å²) in [5, 5.41) is 3.07. The number of rotatable bonds is 6. The van der Waals surface area contributed by atoms with Crippen LogP contribution in [-0.2, 0) is 11.2 Å². The highest BCUT2D eigenvalue weighted by molar-refractivity contribution is 5.76. The van der Waals surface area contributed by atoms with E-state index in [1.807, 2.05) is 42.5 Å². The van der Waals surface area contributed by atoms with Crippen molar-refractivity contribution in [3.8, 4) is 11.3 Å². The Kier molecular flexibility index (Phi) is 4.09. The Morgan fingerprint density at radius 3 is 2.71 bits per heavy atom. The van der Waals surface area contributed by atoms with Crippen molar-refractivity contribution in [1.82, 2.24) is 5.32 Å². The summed E-state index contributed by atoms with van der Waals surface area (Å²) in [5.74, 6) is 2.54. The first-order chi connectivity index (χ1) is 10.2.